The predicted molar refractivity (Wildman–Crippen MR) is 29.9 cm³/mol. The Hall–Kier alpha value is 0.350. The largest absolute Gasteiger partial charge is 0.343 e. The van der Waals surface area contributed by atoms with Gasteiger partial charge in [-0.3, -0.25) is 5.73 Å². The second-order valence-electron chi connectivity index (χ2n) is 0.907. The van der Waals surface area contributed by atoms with E-state index in [0.29, 0.717) is 0 Å². The van der Waals surface area contributed by atoms with Crippen LogP contribution in [0.15, 0.2) is 0 Å². The van der Waals surface area contributed by atoms with Crippen LogP contribution in [0.2, 0.25) is 0 Å². The molecule has 2 N–H and O–H groups in total. The van der Waals surface area contributed by atoms with Gasteiger partial charge in [0.25, 0.3) is 0 Å². The summed E-state index contributed by atoms with van der Waals surface area (Å²) in [5.74, 6) is -0.144. The first-order valence-electron chi connectivity index (χ1n) is 1.40. The highest BCUT2D eigenvalue weighted by Crippen LogP contribution is 1.92. The minimum Gasteiger partial charge on any atom is -0.288 e. The van der Waals surface area contributed by atoms with Crippen LogP contribution >= 0.6 is 20.9 Å². The number of nitrogens with two attached hydrogens (primary N) is 1. The molecule has 2 atom stereocenters. The Morgan fingerprint density at radius 2 is 2.00 bits per heavy atom. The summed E-state index contributed by atoms with van der Waals surface area (Å²) in [6.45, 7) is 1.70. The van der Waals surface area contributed by atoms with Crippen LogP contribution in [0, 0.1) is 0 Å². The minimum atomic E-state index is -0.358. The van der Waals surface area contributed by atoms with Crippen molar-refractivity contribution < 1.29 is 4.57 Å². The maximum Gasteiger partial charge on any atom is 0.343 e. The van der Waals surface area contributed by atoms with E-state index in [2.05, 4.69) is 0 Å². The van der Waals surface area contributed by atoms with Crippen LogP contribution < -0.4 is 5.73 Å². The van der Waals surface area contributed by atoms with Gasteiger partial charge in [0.05, 0.1) is 0 Å². The first-order chi connectivity index (χ1) is 2.27. The molecule has 0 rings (SSSR count). The molecule has 0 aliphatic heterocycles. The molecule has 2 unspecified atom stereocenters. The Bertz CT molecular complexity index is 40.5. The molecule has 0 heterocycles. The lowest BCUT2D eigenvalue weighted by atomic mass is 10.8. The SMILES string of the molecule is CC(N)[PH+]=O.Cl. The molecule has 0 saturated heterocycles. The number of rotatable bonds is 1. The molecule has 0 radical (unpaired) electrons. The van der Waals surface area contributed by atoms with E-state index >= 15 is 0 Å². The fraction of sp³-hybridized carbons (Fsp3) is 1.00. The van der Waals surface area contributed by atoms with E-state index in [1.807, 2.05) is 0 Å². The van der Waals surface area contributed by atoms with Gasteiger partial charge in [0.15, 0.2) is 5.78 Å². The zero-order valence-electron chi connectivity index (χ0n) is 3.47. The second kappa shape index (κ2) is 5.35. The molecule has 4 heteroatoms. The summed E-state index contributed by atoms with van der Waals surface area (Å²) in [5.41, 5.74) is 4.99. The van der Waals surface area contributed by atoms with E-state index in [1.54, 1.807) is 6.92 Å². The summed E-state index contributed by atoms with van der Waals surface area (Å²) in [5, 5.41) is 0. The molecule has 0 saturated carbocycles. The Labute approximate surface area is 44.7 Å². The van der Waals surface area contributed by atoms with Gasteiger partial charge in [0.1, 0.15) is 0 Å². The molecule has 0 aliphatic rings. The lowest BCUT2D eigenvalue weighted by Crippen LogP contribution is -2.03. The lowest BCUT2D eigenvalue weighted by molar-refractivity contribution is 0.593. The van der Waals surface area contributed by atoms with Crippen LogP contribution in [0.25, 0.3) is 0 Å². The van der Waals surface area contributed by atoms with Crippen molar-refractivity contribution >= 4 is 20.9 Å². The zero-order chi connectivity index (χ0) is 4.28. The van der Waals surface area contributed by atoms with Crippen LogP contribution in [0.3, 0.4) is 0 Å². The van der Waals surface area contributed by atoms with Gasteiger partial charge in [-0.15, -0.1) is 12.4 Å². The summed E-state index contributed by atoms with van der Waals surface area (Å²) in [7, 11) is -0.358. The van der Waals surface area contributed by atoms with Crippen molar-refractivity contribution in [1.82, 2.24) is 0 Å². The molecule has 0 spiro atoms. The van der Waals surface area contributed by atoms with Crippen molar-refractivity contribution in [2.45, 2.75) is 12.7 Å². The van der Waals surface area contributed by atoms with Crippen LogP contribution in [-0.4, -0.2) is 5.78 Å². The molecule has 2 nitrogen and oxygen atoms in total. The Morgan fingerprint density at radius 3 is 2.00 bits per heavy atom. The van der Waals surface area contributed by atoms with Crippen molar-refractivity contribution in [3.05, 3.63) is 0 Å². The summed E-state index contributed by atoms with van der Waals surface area (Å²) in [6.07, 6.45) is 0. The lowest BCUT2D eigenvalue weighted by Gasteiger charge is -1.69. The third-order valence-electron chi connectivity index (χ3n) is 0.186. The van der Waals surface area contributed by atoms with E-state index in [4.69, 9.17) is 5.73 Å². The predicted octanol–water partition coefficient (Wildman–Crippen LogP) is 0.737. The topological polar surface area (TPSA) is 43.1 Å². The Balaban J connectivity index is 0. The first-order valence-corrected chi connectivity index (χ1v) is 2.39. The molecular formula is C2H8ClNOP+. The highest BCUT2D eigenvalue weighted by molar-refractivity contribution is 7.24. The highest BCUT2D eigenvalue weighted by Gasteiger charge is 1.92. The molecule has 6 heavy (non-hydrogen) atoms. The molecular weight excluding hydrogens is 120 g/mol. The molecule has 0 bridgehead atoms. The number of hydrogen-bond acceptors (Lipinski definition) is 2. The van der Waals surface area contributed by atoms with Crippen LogP contribution in [0.1, 0.15) is 6.92 Å². The van der Waals surface area contributed by atoms with Crippen molar-refractivity contribution in [2.24, 2.45) is 5.73 Å². The molecule has 38 valence electrons. The highest BCUT2D eigenvalue weighted by atomic mass is 35.5. The number of hydrogen-bond donors (Lipinski definition) is 1. The van der Waals surface area contributed by atoms with Gasteiger partial charge in [-0.25, -0.2) is 0 Å². The number of halogens is 1. The van der Waals surface area contributed by atoms with Gasteiger partial charge in [-0.2, -0.15) is 0 Å². The van der Waals surface area contributed by atoms with E-state index < -0.39 is 0 Å². The third-order valence-corrected chi connectivity index (χ3v) is 0.558. The maximum absolute atomic E-state index is 9.53. The normalized spacial score (nSPS) is 13.0. The Morgan fingerprint density at radius 1 is 1.83 bits per heavy atom. The van der Waals surface area contributed by atoms with Gasteiger partial charge < -0.3 is 0 Å². The second-order valence-corrected chi connectivity index (χ2v) is 2.05. The third kappa shape index (κ3) is 8.84. The quantitative estimate of drug-likeness (QED) is 0.530. The van der Waals surface area contributed by atoms with Crippen molar-refractivity contribution in [1.29, 1.82) is 0 Å². The minimum absolute atomic E-state index is 0. The van der Waals surface area contributed by atoms with Gasteiger partial charge in [0, 0.05) is 0 Å². The van der Waals surface area contributed by atoms with E-state index in [0.717, 1.165) is 0 Å². The average molecular weight is 129 g/mol. The van der Waals surface area contributed by atoms with Gasteiger partial charge in [-0.05, 0) is 6.92 Å². The summed E-state index contributed by atoms with van der Waals surface area (Å²) < 4.78 is 9.53. The smallest absolute Gasteiger partial charge is 0.288 e. The maximum atomic E-state index is 9.53. The van der Waals surface area contributed by atoms with Crippen LogP contribution in [0.4, 0.5) is 0 Å². The van der Waals surface area contributed by atoms with E-state index in [1.165, 1.54) is 0 Å². The van der Waals surface area contributed by atoms with Crippen molar-refractivity contribution in [3.63, 3.8) is 0 Å². The first kappa shape index (κ1) is 9.61. The molecule has 0 fully saturated rings. The summed E-state index contributed by atoms with van der Waals surface area (Å²) in [4.78, 5) is 0. The molecule has 0 aromatic rings. The molecule has 0 aliphatic carbocycles. The fourth-order valence-corrected chi connectivity index (χ4v) is 0. The summed E-state index contributed by atoms with van der Waals surface area (Å²) in [6, 6.07) is 0. The zero-order valence-corrected chi connectivity index (χ0v) is 5.29. The molecule has 0 aromatic heterocycles. The van der Waals surface area contributed by atoms with Gasteiger partial charge in [0.2, 0.25) is 0 Å². The van der Waals surface area contributed by atoms with Gasteiger partial charge >= 0.3 is 8.46 Å². The Kier molecular flexibility index (Phi) is 8.56. The van der Waals surface area contributed by atoms with Gasteiger partial charge in [-0.1, -0.05) is 4.57 Å². The average Bonchev–Trinajstić information content (AvgIpc) is 1.38. The van der Waals surface area contributed by atoms with Crippen LogP contribution in [0.5, 0.6) is 0 Å². The fourth-order valence-electron chi connectivity index (χ4n) is 0. The van der Waals surface area contributed by atoms with E-state index in [-0.39, 0.29) is 26.7 Å². The van der Waals surface area contributed by atoms with E-state index in [9.17, 15) is 4.57 Å². The van der Waals surface area contributed by atoms with Crippen LogP contribution in [-0.2, 0) is 4.57 Å². The van der Waals surface area contributed by atoms with Crippen molar-refractivity contribution in [3.8, 4) is 0 Å². The molecule has 0 aromatic carbocycles. The monoisotopic (exact) mass is 128 g/mol. The summed E-state index contributed by atoms with van der Waals surface area (Å²) >= 11 is 0. The standard InChI is InChI=1S/C2H6NOP.ClH/c1-2(3)5-4;/h2H,3H2,1H3;1H/p+1. The van der Waals surface area contributed by atoms with Crippen molar-refractivity contribution in [2.75, 3.05) is 0 Å². The molecule has 0 amide bonds.